The second-order valence-electron chi connectivity index (χ2n) is 7.32. The van der Waals surface area contributed by atoms with E-state index in [9.17, 15) is 0 Å². The van der Waals surface area contributed by atoms with Gasteiger partial charge in [-0.15, -0.1) is 24.8 Å². The van der Waals surface area contributed by atoms with Gasteiger partial charge in [-0.1, -0.05) is 48.5 Å². The maximum atomic E-state index is 6.13. The van der Waals surface area contributed by atoms with E-state index in [-0.39, 0.29) is 24.8 Å². The van der Waals surface area contributed by atoms with E-state index in [1.54, 1.807) is 7.11 Å². The maximum Gasteiger partial charge on any atom is 0.0465 e. The lowest BCUT2D eigenvalue weighted by molar-refractivity contribution is 0.195. The molecule has 1 atom stereocenters. The number of pyridine rings is 1. The molecule has 1 unspecified atom stereocenters. The zero-order valence-electron chi connectivity index (χ0n) is 17.7. The molecule has 2 aromatic carbocycles. The molecule has 0 saturated carbocycles. The van der Waals surface area contributed by atoms with E-state index in [1.807, 2.05) is 18.5 Å². The molecule has 0 aliphatic rings. The van der Waals surface area contributed by atoms with Gasteiger partial charge in [-0.2, -0.15) is 0 Å². The topological polar surface area (TPSA) is 48.1 Å². The minimum absolute atomic E-state index is 0. The third kappa shape index (κ3) is 6.82. The summed E-state index contributed by atoms with van der Waals surface area (Å²) in [6.07, 6.45) is 6.72. The number of aromatic nitrogens is 1. The van der Waals surface area contributed by atoms with E-state index in [4.69, 9.17) is 10.5 Å². The van der Waals surface area contributed by atoms with Gasteiger partial charge >= 0.3 is 0 Å². The van der Waals surface area contributed by atoms with Crippen molar-refractivity contribution in [2.24, 2.45) is 5.73 Å². The predicted molar refractivity (Wildman–Crippen MR) is 131 cm³/mol. The Labute approximate surface area is 192 Å². The molecule has 0 radical (unpaired) electrons. The lowest BCUT2D eigenvalue weighted by Crippen LogP contribution is -2.16. The van der Waals surface area contributed by atoms with Crippen molar-refractivity contribution in [3.05, 3.63) is 89.2 Å². The summed E-state index contributed by atoms with van der Waals surface area (Å²) in [4.78, 5) is 4.23. The number of methoxy groups -OCH3 is 1. The van der Waals surface area contributed by atoms with Crippen molar-refractivity contribution in [2.45, 2.75) is 32.1 Å². The largest absolute Gasteiger partial charge is 0.385 e. The number of hydrogen-bond donors (Lipinski definition) is 1. The van der Waals surface area contributed by atoms with Crippen LogP contribution < -0.4 is 5.73 Å². The van der Waals surface area contributed by atoms with Gasteiger partial charge < -0.3 is 10.5 Å². The molecule has 0 spiro atoms. The number of nitrogens with zero attached hydrogens (tertiary/aromatic N) is 1. The summed E-state index contributed by atoms with van der Waals surface area (Å²) in [5.74, 6) is 0.301. The fraction of sp³-hybridized carbons (Fsp3) is 0.320. The minimum Gasteiger partial charge on any atom is -0.385 e. The Balaban J connectivity index is 0.00000225. The van der Waals surface area contributed by atoms with Crippen LogP contribution in [0.15, 0.2) is 67.0 Å². The van der Waals surface area contributed by atoms with Crippen LogP contribution in [0, 0.1) is 6.92 Å². The second kappa shape index (κ2) is 13.4. The van der Waals surface area contributed by atoms with Crippen molar-refractivity contribution in [1.82, 2.24) is 4.98 Å². The highest BCUT2D eigenvalue weighted by molar-refractivity contribution is 5.85. The third-order valence-electron chi connectivity index (χ3n) is 5.32. The van der Waals surface area contributed by atoms with E-state index < -0.39 is 0 Å². The van der Waals surface area contributed by atoms with Crippen molar-refractivity contribution in [3.63, 3.8) is 0 Å². The smallest absolute Gasteiger partial charge is 0.0465 e. The quantitative estimate of drug-likeness (QED) is 0.424. The van der Waals surface area contributed by atoms with E-state index in [0.717, 1.165) is 25.9 Å². The number of nitrogens with two attached hydrogens (primary N) is 1. The molecular weight excluding hydrogens is 415 g/mol. The summed E-state index contributed by atoms with van der Waals surface area (Å²) in [6.45, 7) is 3.61. The summed E-state index contributed by atoms with van der Waals surface area (Å²) >= 11 is 0. The molecule has 0 aliphatic carbocycles. The fourth-order valence-corrected chi connectivity index (χ4v) is 3.85. The number of aryl methyl sites for hydroxylation is 2. The third-order valence-corrected chi connectivity index (χ3v) is 5.32. The first-order valence-electron chi connectivity index (χ1n) is 9.99. The summed E-state index contributed by atoms with van der Waals surface area (Å²) < 4.78 is 5.22. The Morgan fingerprint density at radius 3 is 2.50 bits per heavy atom. The van der Waals surface area contributed by atoms with Gasteiger partial charge in [-0.05, 0) is 72.2 Å². The molecule has 0 aliphatic heterocycles. The van der Waals surface area contributed by atoms with Crippen molar-refractivity contribution in [3.8, 4) is 11.1 Å². The molecule has 162 valence electrons. The van der Waals surface area contributed by atoms with Crippen molar-refractivity contribution >= 4 is 24.8 Å². The van der Waals surface area contributed by atoms with Crippen molar-refractivity contribution in [2.75, 3.05) is 20.3 Å². The number of rotatable bonds is 9. The van der Waals surface area contributed by atoms with E-state index in [1.165, 1.54) is 33.4 Å². The molecule has 0 amide bonds. The standard InChI is InChI=1S/C25H30N2O.2ClH/c1-19-15-22(25-10-4-3-8-21(25)9-6-14-28-2)11-12-24(19)23(17-26)16-20-7-5-13-27-18-20;;/h3-5,7-8,10-13,15,18,23H,6,9,14,16-17,26H2,1-2H3;2*1H. The highest BCUT2D eigenvalue weighted by Crippen LogP contribution is 2.30. The minimum atomic E-state index is 0. The molecule has 1 heterocycles. The maximum absolute atomic E-state index is 6.13. The Bertz CT molecular complexity index is 887. The zero-order valence-corrected chi connectivity index (χ0v) is 19.3. The zero-order chi connectivity index (χ0) is 19.8. The molecule has 3 rings (SSSR count). The van der Waals surface area contributed by atoms with Gasteiger partial charge in [0.25, 0.3) is 0 Å². The molecule has 0 bridgehead atoms. The van der Waals surface area contributed by atoms with Gasteiger partial charge in [0.2, 0.25) is 0 Å². The van der Waals surface area contributed by atoms with Crippen LogP contribution in [0.5, 0.6) is 0 Å². The van der Waals surface area contributed by atoms with Crippen molar-refractivity contribution < 1.29 is 4.74 Å². The van der Waals surface area contributed by atoms with Gasteiger partial charge in [-0.25, -0.2) is 0 Å². The number of benzene rings is 2. The van der Waals surface area contributed by atoms with Crippen LogP contribution in [0.2, 0.25) is 0 Å². The van der Waals surface area contributed by atoms with Gasteiger partial charge in [0.1, 0.15) is 0 Å². The van der Waals surface area contributed by atoms with Crippen LogP contribution in [-0.4, -0.2) is 25.2 Å². The first-order chi connectivity index (χ1) is 13.7. The number of halogens is 2. The highest BCUT2D eigenvalue weighted by Gasteiger charge is 2.15. The van der Waals surface area contributed by atoms with Crippen LogP contribution in [0.3, 0.4) is 0 Å². The van der Waals surface area contributed by atoms with Crippen LogP contribution in [0.1, 0.15) is 34.6 Å². The predicted octanol–water partition coefficient (Wildman–Crippen LogP) is 5.76. The number of hydrogen-bond acceptors (Lipinski definition) is 3. The average Bonchev–Trinajstić information content (AvgIpc) is 2.73. The van der Waals surface area contributed by atoms with Crippen LogP contribution >= 0.6 is 24.8 Å². The SMILES string of the molecule is COCCCc1ccccc1-c1ccc(C(CN)Cc2cccnc2)c(C)c1.Cl.Cl. The van der Waals surface area contributed by atoms with Gasteiger partial charge in [0, 0.05) is 32.0 Å². The lowest BCUT2D eigenvalue weighted by Gasteiger charge is -2.19. The Kier molecular flexibility index (Phi) is 11.7. The first kappa shape index (κ1) is 26.1. The van der Waals surface area contributed by atoms with Crippen LogP contribution in [-0.2, 0) is 17.6 Å². The Hall–Kier alpha value is -1.91. The molecular formula is C25H32Cl2N2O. The molecule has 0 saturated heterocycles. The first-order valence-corrected chi connectivity index (χ1v) is 9.99. The summed E-state index contributed by atoms with van der Waals surface area (Å²) in [6, 6.07) is 19.6. The second-order valence-corrected chi connectivity index (χ2v) is 7.32. The summed E-state index contributed by atoms with van der Waals surface area (Å²) in [5, 5.41) is 0. The molecule has 1 aromatic heterocycles. The van der Waals surface area contributed by atoms with Gasteiger partial charge in [-0.3, -0.25) is 4.98 Å². The molecule has 30 heavy (non-hydrogen) atoms. The van der Waals surface area contributed by atoms with Gasteiger partial charge in [0.05, 0.1) is 0 Å². The molecule has 0 fully saturated rings. The van der Waals surface area contributed by atoms with Crippen molar-refractivity contribution in [1.29, 1.82) is 0 Å². The van der Waals surface area contributed by atoms with E-state index in [2.05, 4.69) is 60.4 Å². The monoisotopic (exact) mass is 446 g/mol. The molecule has 5 heteroatoms. The molecule has 3 nitrogen and oxygen atoms in total. The summed E-state index contributed by atoms with van der Waals surface area (Å²) in [7, 11) is 1.76. The average molecular weight is 447 g/mol. The highest BCUT2D eigenvalue weighted by atomic mass is 35.5. The van der Waals surface area contributed by atoms with Crippen LogP contribution in [0.25, 0.3) is 11.1 Å². The number of ether oxygens (including phenoxy) is 1. The Morgan fingerprint density at radius 1 is 1.03 bits per heavy atom. The molecule has 3 aromatic rings. The lowest BCUT2D eigenvalue weighted by atomic mass is 9.87. The molecule has 2 N–H and O–H groups in total. The fourth-order valence-electron chi connectivity index (χ4n) is 3.85. The normalized spacial score (nSPS) is 11.3. The summed E-state index contributed by atoms with van der Waals surface area (Å²) in [5.41, 5.74) is 13.9. The van der Waals surface area contributed by atoms with E-state index in [0.29, 0.717) is 12.5 Å². The Morgan fingerprint density at radius 2 is 1.83 bits per heavy atom. The van der Waals surface area contributed by atoms with E-state index >= 15 is 0 Å². The van der Waals surface area contributed by atoms with Gasteiger partial charge in [0.15, 0.2) is 0 Å². The van der Waals surface area contributed by atoms with Crippen LogP contribution in [0.4, 0.5) is 0 Å².